The Balaban J connectivity index is 1.81. The van der Waals surface area contributed by atoms with E-state index in [-0.39, 0.29) is 11.3 Å². The largest absolute Gasteiger partial charge is 0.507 e. The van der Waals surface area contributed by atoms with Crippen LogP contribution >= 0.6 is 0 Å². The summed E-state index contributed by atoms with van der Waals surface area (Å²) in [5, 5.41) is 11.0. The first kappa shape index (κ1) is 21.9. The summed E-state index contributed by atoms with van der Waals surface area (Å²) in [5.74, 6) is -1.61. The lowest BCUT2D eigenvalue weighted by molar-refractivity contribution is -0.132. The standard InChI is InChI=1S/C25H21NO7/c1-3-32-18-12-8-15(9-13-18)22(27)20-21(19-5-4-14-33-19)26(24(29)23(20)28)17-10-6-16(7-11-17)25(30)31-2/h4-14,21,27H,3H2,1-2H3/b22-20-. The molecule has 1 unspecified atom stereocenters. The second-order valence-electron chi connectivity index (χ2n) is 7.18. The number of ketones is 1. The van der Waals surface area contributed by atoms with E-state index >= 15 is 0 Å². The van der Waals surface area contributed by atoms with E-state index in [1.807, 2.05) is 6.92 Å². The van der Waals surface area contributed by atoms with Crippen molar-refractivity contribution in [1.82, 2.24) is 0 Å². The molecule has 3 aromatic rings. The van der Waals surface area contributed by atoms with Gasteiger partial charge in [-0.05, 0) is 67.6 Å². The average molecular weight is 447 g/mol. The van der Waals surface area contributed by atoms with Crippen LogP contribution in [0.5, 0.6) is 5.75 Å². The third-order valence-corrected chi connectivity index (χ3v) is 5.26. The second-order valence-corrected chi connectivity index (χ2v) is 7.18. The maximum Gasteiger partial charge on any atom is 0.337 e. The molecule has 168 valence electrons. The van der Waals surface area contributed by atoms with Crippen molar-refractivity contribution in [1.29, 1.82) is 0 Å². The highest BCUT2D eigenvalue weighted by atomic mass is 16.5. The molecule has 0 radical (unpaired) electrons. The van der Waals surface area contributed by atoms with Crippen LogP contribution in [0.25, 0.3) is 5.76 Å². The molecule has 8 heteroatoms. The smallest absolute Gasteiger partial charge is 0.337 e. The number of carbonyl (C=O) groups is 3. The van der Waals surface area contributed by atoms with Crippen molar-refractivity contribution in [2.24, 2.45) is 0 Å². The van der Waals surface area contributed by atoms with Crippen LogP contribution in [0, 0.1) is 0 Å². The lowest BCUT2D eigenvalue weighted by Crippen LogP contribution is -2.29. The van der Waals surface area contributed by atoms with Crippen molar-refractivity contribution < 1.29 is 33.4 Å². The molecule has 1 aromatic heterocycles. The number of Topliss-reactive ketones (excluding diaryl/α,β-unsaturated/α-hetero) is 1. The number of nitrogens with zero attached hydrogens (tertiary/aromatic N) is 1. The quantitative estimate of drug-likeness (QED) is 0.262. The Hall–Kier alpha value is -4.33. The summed E-state index contributed by atoms with van der Waals surface area (Å²) < 4.78 is 15.6. The number of hydrogen-bond acceptors (Lipinski definition) is 7. The molecule has 33 heavy (non-hydrogen) atoms. The van der Waals surface area contributed by atoms with Gasteiger partial charge < -0.3 is 19.0 Å². The molecule has 1 amide bonds. The second kappa shape index (κ2) is 9.04. The van der Waals surface area contributed by atoms with E-state index in [1.54, 1.807) is 36.4 Å². The number of aliphatic hydroxyl groups excluding tert-OH is 1. The summed E-state index contributed by atoms with van der Waals surface area (Å²) in [6.45, 7) is 2.35. The van der Waals surface area contributed by atoms with Crippen LogP contribution in [0.3, 0.4) is 0 Å². The van der Waals surface area contributed by atoms with Gasteiger partial charge in [0.25, 0.3) is 11.7 Å². The van der Waals surface area contributed by atoms with Crippen molar-refractivity contribution in [3.05, 3.63) is 89.4 Å². The van der Waals surface area contributed by atoms with Crippen LogP contribution in [0.15, 0.2) is 76.9 Å². The first-order valence-corrected chi connectivity index (χ1v) is 10.2. The first-order valence-electron chi connectivity index (χ1n) is 10.2. The van der Waals surface area contributed by atoms with E-state index in [1.165, 1.54) is 42.5 Å². The molecule has 1 N–H and O–H groups in total. The van der Waals surface area contributed by atoms with Crippen molar-refractivity contribution in [2.75, 3.05) is 18.6 Å². The minimum Gasteiger partial charge on any atom is -0.507 e. The molecule has 1 aliphatic rings. The number of carbonyl (C=O) groups excluding carboxylic acids is 3. The predicted octanol–water partition coefficient (Wildman–Crippen LogP) is 4.09. The van der Waals surface area contributed by atoms with Gasteiger partial charge in [-0.15, -0.1) is 0 Å². The van der Waals surface area contributed by atoms with Crippen LogP contribution in [-0.2, 0) is 14.3 Å². The Kier molecular flexibility index (Phi) is 5.99. The Morgan fingerprint density at radius 1 is 1.03 bits per heavy atom. The third-order valence-electron chi connectivity index (χ3n) is 5.26. The van der Waals surface area contributed by atoms with Gasteiger partial charge in [-0.1, -0.05) is 0 Å². The van der Waals surface area contributed by atoms with Crippen molar-refractivity contribution >= 4 is 29.1 Å². The number of benzene rings is 2. The van der Waals surface area contributed by atoms with Gasteiger partial charge in [0, 0.05) is 11.3 Å². The summed E-state index contributed by atoms with van der Waals surface area (Å²) in [7, 11) is 1.27. The fourth-order valence-corrected chi connectivity index (χ4v) is 3.72. The van der Waals surface area contributed by atoms with E-state index in [0.717, 1.165) is 0 Å². The van der Waals surface area contributed by atoms with Crippen LogP contribution in [0.2, 0.25) is 0 Å². The molecule has 2 heterocycles. The molecular weight excluding hydrogens is 426 g/mol. The lowest BCUT2D eigenvalue weighted by atomic mass is 9.99. The lowest BCUT2D eigenvalue weighted by Gasteiger charge is -2.23. The molecule has 0 saturated carbocycles. The molecule has 1 fully saturated rings. The molecule has 0 aliphatic carbocycles. The molecule has 4 rings (SSSR count). The Labute approximate surface area is 189 Å². The number of furan rings is 1. The van der Waals surface area contributed by atoms with Crippen LogP contribution < -0.4 is 9.64 Å². The number of hydrogen-bond donors (Lipinski definition) is 1. The molecule has 1 saturated heterocycles. The number of methoxy groups -OCH3 is 1. The highest BCUT2D eigenvalue weighted by Crippen LogP contribution is 2.42. The van der Waals surface area contributed by atoms with Gasteiger partial charge >= 0.3 is 5.97 Å². The topological polar surface area (TPSA) is 106 Å². The number of rotatable bonds is 6. The number of ether oxygens (including phenoxy) is 2. The molecule has 1 atom stereocenters. The van der Waals surface area contributed by atoms with Gasteiger partial charge in [0.15, 0.2) is 0 Å². The van der Waals surface area contributed by atoms with Gasteiger partial charge in [0.1, 0.15) is 23.3 Å². The van der Waals surface area contributed by atoms with Crippen LogP contribution in [0.1, 0.15) is 34.6 Å². The van der Waals surface area contributed by atoms with E-state index in [9.17, 15) is 19.5 Å². The highest BCUT2D eigenvalue weighted by molar-refractivity contribution is 6.51. The van der Waals surface area contributed by atoms with E-state index in [2.05, 4.69) is 0 Å². The molecule has 2 aromatic carbocycles. The Morgan fingerprint density at radius 3 is 2.27 bits per heavy atom. The van der Waals surface area contributed by atoms with Crippen molar-refractivity contribution in [3.8, 4) is 5.75 Å². The normalized spacial score (nSPS) is 17.3. The molecule has 0 bridgehead atoms. The van der Waals surface area contributed by atoms with Gasteiger partial charge in [-0.2, -0.15) is 0 Å². The van der Waals surface area contributed by atoms with E-state index in [0.29, 0.717) is 34.9 Å². The van der Waals surface area contributed by atoms with Crippen LogP contribution in [0.4, 0.5) is 5.69 Å². The fourth-order valence-electron chi connectivity index (χ4n) is 3.72. The molecule has 8 nitrogen and oxygen atoms in total. The fraction of sp³-hybridized carbons (Fsp3) is 0.160. The number of amides is 1. The summed E-state index contributed by atoms with van der Waals surface area (Å²) >= 11 is 0. The Bertz CT molecular complexity index is 1210. The summed E-state index contributed by atoms with van der Waals surface area (Å²) in [6.07, 6.45) is 1.42. The summed E-state index contributed by atoms with van der Waals surface area (Å²) in [5.41, 5.74) is 0.906. The highest BCUT2D eigenvalue weighted by Gasteiger charge is 2.48. The van der Waals surface area contributed by atoms with E-state index < -0.39 is 23.7 Å². The van der Waals surface area contributed by atoms with Crippen molar-refractivity contribution in [2.45, 2.75) is 13.0 Å². The minimum absolute atomic E-state index is 0.101. The predicted molar refractivity (Wildman–Crippen MR) is 119 cm³/mol. The number of esters is 1. The maximum absolute atomic E-state index is 13.1. The maximum atomic E-state index is 13.1. The first-order chi connectivity index (χ1) is 16.0. The van der Waals surface area contributed by atoms with Crippen LogP contribution in [-0.4, -0.2) is 36.5 Å². The van der Waals surface area contributed by atoms with Gasteiger partial charge in [0.2, 0.25) is 0 Å². The summed E-state index contributed by atoms with van der Waals surface area (Å²) in [4.78, 5) is 39.1. The van der Waals surface area contributed by atoms with Gasteiger partial charge in [-0.25, -0.2) is 4.79 Å². The van der Waals surface area contributed by atoms with Gasteiger partial charge in [-0.3, -0.25) is 14.5 Å². The Morgan fingerprint density at radius 2 is 1.70 bits per heavy atom. The number of anilines is 1. The zero-order valence-corrected chi connectivity index (χ0v) is 18.0. The average Bonchev–Trinajstić information content (AvgIpc) is 3.46. The minimum atomic E-state index is -0.990. The monoisotopic (exact) mass is 447 g/mol. The SMILES string of the molecule is CCOc1ccc(/C(O)=C2/C(=O)C(=O)N(c3ccc(C(=O)OC)cc3)C2c2ccco2)cc1. The number of aliphatic hydroxyl groups is 1. The van der Waals surface area contributed by atoms with Gasteiger partial charge in [0.05, 0.1) is 31.1 Å². The van der Waals surface area contributed by atoms with E-state index in [4.69, 9.17) is 13.9 Å². The summed E-state index contributed by atoms with van der Waals surface area (Å²) in [6, 6.07) is 14.9. The molecular formula is C25H21NO7. The molecule has 1 aliphatic heterocycles. The zero-order valence-electron chi connectivity index (χ0n) is 18.0. The third kappa shape index (κ3) is 3.98. The molecule has 0 spiro atoms. The zero-order chi connectivity index (χ0) is 23.5. The van der Waals surface area contributed by atoms with Crippen molar-refractivity contribution in [3.63, 3.8) is 0 Å².